The normalized spacial score (nSPS) is 17.7. The Labute approximate surface area is 416 Å². The predicted molar refractivity (Wildman–Crippen MR) is 269 cm³/mol. The summed E-state index contributed by atoms with van der Waals surface area (Å²) in [5.41, 5.74) is 14.8. The fourth-order valence-electron chi connectivity index (χ4n) is 12.0. The van der Waals surface area contributed by atoms with Crippen molar-refractivity contribution in [3.8, 4) is 22.3 Å². The van der Waals surface area contributed by atoms with Gasteiger partial charge in [-0.15, -0.1) is 56.9 Å². The summed E-state index contributed by atoms with van der Waals surface area (Å²) in [6.45, 7) is 9.10. The van der Waals surface area contributed by atoms with Crippen molar-refractivity contribution in [3.63, 3.8) is 0 Å². The van der Waals surface area contributed by atoms with Gasteiger partial charge in [-0.3, -0.25) is 0 Å². The third-order valence-corrected chi connectivity index (χ3v) is 15.1. The summed E-state index contributed by atoms with van der Waals surface area (Å²) in [4.78, 5) is 0. The third-order valence-electron chi connectivity index (χ3n) is 15.1. The molecule has 4 aliphatic rings. The van der Waals surface area contributed by atoms with Crippen molar-refractivity contribution >= 4 is 27.0 Å². The van der Waals surface area contributed by atoms with Crippen molar-refractivity contribution in [2.24, 2.45) is 11.8 Å². The van der Waals surface area contributed by atoms with Crippen molar-refractivity contribution in [3.05, 3.63) is 130 Å². The van der Waals surface area contributed by atoms with Crippen LogP contribution in [0.5, 0.6) is 0 Å². The molecular formula is C60H76Cl2SiZr-2. The minimum atomic E-state index is 0. The molecule has 10 rings (SSSR count). The van der Waals surface area contributed by atoms with E-state index in [0.29, 0.717) is 0 Å². The summed E-state index contributed by atoms with van der Waals surface area (Å²) in [6.07, 6.45) is 30.8. The monoisotopic (exact) mass is 984 g/mol. The van der Waals surface area contributed by atoms with Gasteiger partial charge in [-0.05, 0) is 98.3 Å². The average molecular weight is 987 g/mol. The van der Waals surface area contributed by atoms with Gasteiger partial charge in [-0.1, -0.05) is 186 Å². The molecule has 340 valence electrons. The van der Waals surface area contributed by atoms with Crippen LogP contribution in [0.25, 0.3) is 43.8 Å². The van der Waals surface area contributed by atoms with Crippen LogP contribution in [0.1, 0.15) is 174 Å². The Morgan fingerprint density at radius 2 is 0.766 bits per heavy atom. The van der Waals surface area contributed by atoms with Crippen LogP contribution in [0.3, 0.4) is 0 Å². The van der Waals surface area contributed by atoms with Crippen LogP contribution >= 0.6 is 0 Å². The summed E-state index contributed by atoms with van der Waals surface area (Å²) >= 11 is 1.74. The van der Waals surface area contributed by atoms with Crippen molar-refractivity contribution in [2.75, 3.05) is 0 Å². The quantitative estimate of drug-likeness (QED) is 0.105. The van der Waals surface area contributed by atoms with E-state index in [0.717, 1.165) is 23.7 Å². The molecule has 0 radical (unpaired) electrons. The smallest absolute Gasteiger partial charge is 0.0162 e. The first-order valence-electron chi connectivity index (χ1n) is 25.4. The van der Waals surface area contributed by atoms with Crippen molar-refractivity contribution < 1.29 is 48.1 Å². The van der Waals surface area contributed by atoms with Gasteiger partial charge >= 0.3 is 41.9 Å². The maximum Gasteiger partial charge on any atom is -0.0162 e. The second-order valence-corrected chi connectivity index (χ2v) is 30.1. The van der Waals surface area contributed by atoms with E-state index < -0.39 is 0 Å². The number of benzene rings is 4. The maximum atomic E-state index is 2.49. The Morgan fingerprint density at radius 3 is 1.09 bits per heavy atom. The summed E-state index contributed by atoms with van der Waals surface area (Å²) < 4.78 is 0. The van der Waals surface area contributed by atoms with E-state index in [2.05, 4.69) is 124 Å². The van der Waals surface area contributed by atoms with Crippen LogP contribution in [0, 0.1) is 25.7 Å². The first-order valence-corrected chi connectivity index (χ1v) is 31.6. The summed E-state index contributed by atoms with van der Waals surface area (Å²) in [5, 5.41) is 5.77. The molecule has 0 atom stereocenters. The number of rotatable bonds is 8. The molecule has 0 unspecified atom stereocenters. The van der Waals surface area contributed by atoms with Crippen LogP contribution < -0.4 is 24.8 Å². The number of halogens is 2. The molecular weight excluding hydrogens is 911 g/mol. The minimum Gasteiger partial charge on any atom is -1.00 e. The van der Waals surface area contributed by atoms with Crippen molar-refractivity contribution in [2.45, 2.75) is 180 Å². The first kappa shape index (κ1) is 51.2. The van der Waals surface area contributed by atoms with E-state index in [9.17, 15) is 0 Å². The van der Waals surface area contributed by atoms with Crippen LogP contribution in [0.15, 0.2) is 97.1 Å². The number of aryl methyl sites for hydroxylation is 2. The molecule has 0 saturated heterocycles. The number of fused-ring (bicyclic) bond motifs is 2. The Balaban J connectivity index is 0.000000191. The second kappa shape index (κ2) is 25.2. The zero-order valence-corrected chi connectivity index (χ0v) is 44.8. The van der Waals surface area contributed by atoms with Crippen molar-refractivity contribution in [1.82, 2.24) is 0 Å². The molecule has 0 spiro atoms. The van der Waals surface area contributed by atoms with Gasteiger partial charge in [-0.2, -0.15) is 12.1 Å². The largest absolute Gasteiger partial charge is 1.00 e. The molecule has 0 nitrogen and oxygen atoms in total. The third kappa shape index (κ3) is 13.9. The Bertz CT molecular complexity index is 2170. The molecule has 0 aromatic heterocycles. The Hall–Kier alpha value is -2.22. The van der Waals surface area contributed by atoms with Crippen LogP contribution in [-0.4, -0.2) is 5.43 Å². The predicted octanol–water partition coefficient (Wildman–Crippen LogP) is 12.2. The zero-order valence-electron chi connectivity index (χ0n) is 39.9. The summed E-state index contributed by atoms with van der Waals surface area (Å²) in [5.74, 6) is 3.38. The van der Waals surface area contributed by atoms with Gasteiger partial charge in [0.25, 0.3) is 0 Å². The molecule has 4 fully saturated rings. The molecule has 4 aliphatic carbocycles. The average Bonchev–Trinajstić information content (AvgIpc) is 3.90. The van der Waals surface area contributed by atoms with E-state index in [1.165, 1.54) is 196 Å². The van der Waals surface area contributed by atoms with E-state index in [-0.39, 0.29) is 30.2 Å². The zero-order chi connectivity index (χ0) is 42.8. The van der Waals surface area contributed by atoms with E-state index in [1.54, 1.807) is 45.6 Å². The van der Waals surface area contributed by atoms with Gasteiger partial charge in [-0.25, -0.2) is 0 Å². The summed E-state index contributed by atoms with van der Waals surface area (Å²) in [7, 11) is 0. The molecule has 64 heavy (non-hydrogen) atoms. The van der Waals surface area contributed by atoms with Crippen LogP contribution in [0.2, 0.25) is 13.1 Å². The molecule has 0 N–H and O–H groups in total. The first-order chi connectivity index (χ1) is 30.3. The standard InChI is InChI=1S/2C29H35.C2H6Si.2ClH.Zr/c2*1-21-16-27-19-23(18-22-8-4-2-5-9-22)20-29(27)28(17-21)26-14-12-25(13-15-26)24-10-6-3-7-11-24;1-3-2;;;/h2*12-17,19-20,22,24H,2-11,18H2,1H3;1-2H3;2*1H;/q2*-1;;;;+2/p-2. The molecule has 0 amide bonds. The van der Waals surface area contributed by atoms with E-state index >= 15 is 0 Å². The number of hydrogen-bond donors (Lipinski definition) is 0. The van der Waals surface area contributed by atoms with E-state index in [4.69, 9.17) is 0 Å². The molecule has 4 saturated carbocycles. The molecule has 0 bridgehead atoms. The minimum absolute atomic E-state index is 0. The fraction of sp³-hybridized carbons (Fsp3) is 0.500. The Kier molecular flexibility index (Phi) is 20.2. The van der Waals surface area contributed by atoms with E-state index in [1.807, 2.05) is 0 Å². The topological polar surface area (TPSA) is 0 Å². The van der Waals surface area contributed by atoms with Gasteiger partial charge in [0.1, 0.15) is 0 Å². The van der Waals surface area contributed by atoms with Crippen molar-refractivity contribution in [1.29, 1.82) is 0 Å². The van der Waals surface area contributed by atoms with Gasteiger partial charge in [0.2, 0.25) is 0 Å². The molecule has 0 aliphatic heterocycles. The maximum absolute atomic E-state index is 2.49. The number of hydrogen-bond acceptors (Lipinski definition) is 0. The second-order valence-electron chi connectivity index (χ2n) is 20.7. The fourth-order valence-corrected chi connectivity index (χ4v) is 12.0. The van der Waals surface area contributed by atoms with Gasteiger partial charge in [0.05, 0.1) is 0 Å². The molecule has 4 heteroatoms. The molecule has 0 heterocycles. The van der Waals surface area contributed by atoms with Gasteiger partial charge < -0.3 is 24.8 Å². The van der Waals surface area contributed by atoms with Gasteiger partial charge in [0.15, 0.2) is 0 Å². The SMILES string of the molecule is C[Si](C)=[Zr+2].Cc1cc(-c2ccc(C3CCCCC3)cc2)c2cc(CC3CCCCC3)[cH-]c2c1.Cc1cc(-c2ccc(C3CCCCC3)cc2)c2cc(CC3CCCCC3)[cH-]c2c1.[Cl-].[Cl-]. The molecule has 6 aromatic rings. The van der Waals surface area contributed by atoms with Crippen LogP contribution in [0.4, 0.5) is 0 Å². The Morgan fingerprint density at radius 1 is 0.453 bits per heavy atom. The van der Waals surface area contributed by atoms with Gasteiger partial charge in [0, 0.05) is 0 Å². The summed E-state index contributed by atoms with van der Waals surface area (Å²) in [6, 6.07) is 38.6. The molecule has 6 aromatic carbocycles. The van der Waals surface area contributed by atoms with Crippen LogP contribution in [-0.2, 0) is 36.2 Å².